The second-order valence-electron chi connectivity index (χ2n) is 6.79. The normalized spacial score (nSPS) is 18.5. The summed E-state index contributed by atoms with van der Waals surface area (Å²) in [4.78, 5) is 1.20. The first-order valence-corrected chi connectivity index (χ1v) is 9.57. The number of thiophene rings is 1. The third-order valence-corrected chi connectivity index (χ3v) is 7.05. The van der Waals surface area contributed by atoms with Crippen molar-refractivity contribution in [1.29, 1.82) is 5.26 Å². The van der Waals surface area contributed by atoms with Crippen molar-refractivity contribution in [1.82, 2.24) is 14.8 Å². The van der Waals surface area contributed by atoms with E-state index in [0.717, 1.165) is 14.3 Å². The first kappa shape index (κ1) is 14.6. The van der Waals surface area contributed by atoms with Crippen molar-refractivity contribution in [2.24, 2.45) is 0 Å². The van der Waals surface area contributed by atoms with E-state index in [-0.39, 0.29) is 5.41 Å². The first-order chi connectivity index (χ1) is 10.5. The number of nitrogens with zero attached hydrogens (tertiary/aromatic N) is 4. The zero-order valence-corrected chi connectivity index (χ0v) is 15.6. The van der Waals surface area contributed by atoms with Crippen LogP contribution in [0.1, 0.15) is 73.6 Å². The summed E-state index contributed by atoms with van der Waals surface area (Å²) in [5, 5.41) is 18.3. The van der Waals surface area contributed by atoms with Gasteiger partial charge in [0.2, 0.25) is 0 Å². The number of halogens is 1. The maximum absolute atomic E-state index is 9.22. The van der Waals surface area contributed by atoms with Gasteiger partial charge in [-0.1, -0.05) is 0 Å². The molecular weight excluding hydrogens is 407 g/mol. The van der Waals surface area contributed by atoms with Crippen molar-refractivity contribution in [3.05, 3.63) is 31.0 Å². The smallest absolute Gasteiger partial charge is 0.144 e. The Kier molecular flexibility index (Phi) is 3.35. The summed E-state index contributed by atoms with van der Waals surface area (Å²) in [6.07, 6.45) is 4.99. The number of hydrogen-bond acceptors (Lipinski definition) is 4. The van der Waals surface area contributed by atoms with Crippen LogP contribution in [-0.2, 0) is 5.41 Å². The lowest BCUT2D eigenvalue weighted by Gasteiger charge is -2.23. The van der Waals surface area contributed by atoms with Crippen molar-refractivity contribution in [2.45, 2.75) is 56.9 Å². The zero-order chi connectivity index (χ0) is 15.5. The molecule has 0 amide bonds. The van der Waals surface area contributed by atoms with Gasteiger partial charge in [0.15, 0.2) is 0 Å². The minimum atomic E-state index is -0.206. The standard InChI is InChI=1S/C16H17IN4S/c1-16(2,12-7-10(8-18)13(17)22-12)15-20-19-14(9-3-4-9)21(15)11-5-6-11/h7,9,11H,3-6H2,1-2H3. The molecule has 114 valence electrons. The van der Waals surface area contributed by atoms with E-state index in [2.05, 4.69) is 57.3 Å². The molecule has 2 fully saturated rings. The molecule has 0 aliphatic heterocycles. The molecule has 2 aliphatic carbocycles. The van der Waals surface area contributed by atoms with E-state index in [9.17, 15) is 5.26 Å². The fraction of sp³-hybridized carbons (Fsp3) is 0.562. The molecule has 0 spiro atoms. The Bertz CT molecular complexity index is 775. The van der Waals surface area contributed by atoms with Crippen LogP contribution in [-0.4, -0.2) is 14.8 Å². The van der Waals surface area contributed by atoms with Crippen LogP contribution in [0.5, 0.6) is 0 Å². The summed E-state index contributed by atoms with van der Waals surface area (Å²) in [5.41, 5.74) is 0.566. The Hall–Kier alpha value is -0.940. The topological polar surface area (TPSA) is 54.5 Å². The van der Waals surface area contributed by atoms with Crippen LogP contribution in [0.3, 0.4) is 0 Å². The summed E-state index contributed by atoms with van der Waals surface area (Å²) in [7, 11) is 0. The van der Waals surface area contributed by atoms with E-state index >= 15 is 0 Å². The van der Waals surface area contributed by atoms with Crippen LogP contribution in [0.25, 0.3) is 0 Å². The monoisotopic (exact) mass is 424 g/mol. The average Bonchev–Trinajstić information content (AvgIpc) is 3.42. The highest BCUT2D eigenvalue weighted by Gasteiger charge is 2.41. The summed E-state index contributed by atoms with van der Waals surface area (Å²) in [5.74, 6) is 2.88. The molecule has 4 nitrogen and oxygen atoms in total. The van der Waals surface area contributed by atoms with Crippen LogP contribution in [0, 0.1) is 14.2 Å². The van der Waals surface area contributed by atoms with Gasteiger partial charge in [0.1, 0.15) is 17.7 Å². The molecule has 2 aromatic heterocycles. The van der Waals surface area contributed by atoms with Gasteiger partial charge < -0.3 is 4.57 Å². The molecule has 0 radical (unpaired) electrons. The second kappa shape index (κ2) is 5.03. The molecule has 22 heavy (non-hydrogen) atoms. The summed E-state index contributed by atoms with van der Waals surface area (Å²) in [6.45, 7) is 4.41. The molecule has 2 saturated carbocycles. The molecule has 0 unspecified atom stereocenters. The van der Waals surface area contributed by atoms with Gasteiger partial charge in [0.25, 0.3) is 0 Å². The highest BCUT2D eigenvalue weighted by atomic mass is 127. The molecule has 2 heterocycles. The quantitative estimate of drug-likeness (QED) is 0.686. The van der Waals surface area contributed by atoms with Gasteiger partial charge in [0.05, 0.1) is 13.9 Å². The van der Waals surface area contributed by atoms with Gasteiger partial charge in [-0.05, 0) is 68.2 Å². The maximum Gasteiger partial charge on any atom is 0.144 e. The van der Waals surface area contributed by atoms with Crippen LogP contribution in [0.4, 0.5) is 0 Å². The van der Waals surface area contributed by atoms with Gasteiger partial charge >= 0.3 is 0 Å². The predicted octanol–water partition coefficient (Wildman–Crippen LogP) is 4.35. The second-order valence-corrected chi connectivity index (χ2v) is 9.66. The predicted molar refractivity (Wildman–Crippen MR) is 94.1 cm³/mol. The van der Waals surface area contributed by atoms with E-state index in [4.69, 9.17) is 0 Å². The lowest BCUT2D eigenvalue weighted by Crippen LogP contribution is -2.24. The number of hydrogen-bond donors (Lipinski definition) is 0. The molecule has 2 aliphatic rings. The largest absolute Gasteiger partial charge is 0.311 e. The highest BCUT2D eigenvalue weighted by molar-refractivity contribution is 14.1. The Labute approximate surface area is 147 Å². The molecular formula is C16H17IN4S. The number of aromatic nitrogens is 3. The highest BCUT2D eigenvalue weighted by Crippen LogP contribution is 2.47. The van der Waals surface area contributed by atoms with Crippen molar-refractivity contribution in [2.75, 3.05) is 0 Å². The fourth-order valence-electron chi connectivity index (χ4n) is 2.91. The third-order valence-electron chi connectivity index (χ3n) is 4.56. The maximum atomic E-state index is 9.22. The summed E-state index contributed by atoms with van der Waals surface area (Å²) < 4.78 is 3.47. The number of rotatable bonds is 4. The molecule has 2 aromatic rings. The Morgan fingerprint density at radius 1 is 1.32 bits per heavy atom. The van der Waals surface area contributed by atoms with E-state index in [0.29, 0.717) is 12.0 Å². The molecule has 0 bridgehead atoms. The third kappa shape index (κ3) is 2.29. The van der Waals surface area contributed by atoms with Crippen molar-refractivity contribution < 1.29 is 0 Å². The Morgan fingerprint density at radius 3 is 2.59 bits per heavy atom. The van der Waals surface area contributed by atoms with Crippen LogP contribution in [0.15, 0.2) is 6.07 Å². The van der Waals surface area contributed by atoms with Crippen LogP contribution >= 0.6 is 33.9 Å². The zero-order valence-electron chi connectivity index (χ0n) is 12.6. The minimum absolute atomic E-state index is 0.206. The van der Waals surface area contributed by atoms with Crippen LogP contribution < -0.4 is 0 Å². The van der Waals surface area contributed by atoms with Gasteiger partial charge in [-0.3, -0.25) is 0 Å². The molecule has 0 N–H and O–H groups in total. The van der Waals surface area contributed by atoms with E-state index < -0.39 is 0 Å². The molecule has 0 saturated heterocycles. The molecule has 6 heteroatoms. The average molecular weight is 424 g/mol. The van der Waals surface area contributed by atoms with Gasteiger partial charge in [-0.2, -0.15) is 5.26 Å². The van der Waals surface area contributed by atoms with E-state index in [1.54, 1.807) is 11.3 Å². The summed E-state index contributed by atoms with van der Waals surface area (Å²) >= 11 is 3.95. The number of nitriles is 1. The van der Waals surface area contributed by atoms with E-state index in [1.165, 1.54) is 36.4 Å². The first-order valence-electron chi connectivity index (χ1n) is 7.67. The molecule has 0 aromatic carbocycles. The van der Waals surface area contributed by atoms with Crippen LogP contribution in [0.2, 0.25) is 0 Å². The molecule has 0 atom stereocenters. The van der Waals surface area contributed by atoms with Gasteiger partial charge in [-0.15, -0.1) is 21.5 Å². The molecule has 4 rings (SSSR count). The van der Waals surface area contributed by atoms with E-state index in [1.807, 2.05) is 6.07 Å². The SMILES string of the molecule is CC(C)(c1cc(C#N)c(I)s1)c1nnc(C2CC2)n1C1CC1. The Balaban J connectivity index is 1.81. The lowest BCUT2D eigenvalue weighted by atomic mass is 9.89. The van der Waals surface area contributed by atoms with Crippen molar-refractivity contribution in [3.63, 3.8) is 0 Å². The van der Waals surface area contributed by atoms with Crippen molar-refractivity contribution >= 4 is 33.9 Å². The Morgan fingerprint density at radius 2 is 2.05 bits per heavy atom. The minimum Gasteiger partial charge on any atom is -0.311 e. The van der Waals surface area contributed by atoms with Crippen molar-refractivity contribution in [3.8, 4) is 6.07 Å². The summed E-state index contributed by atoms with van der Waals surface area (Å²) in [6, 6.07) is 4.90. The lowest BCUT2D eigenvalue weighted by molar-refractivity contribution is 0.533. The van der Waals surface area contributed by atoms with Gasteiger partial charge in [-0.25, -0.2) is 0 Å². The van der Waals surface area contributed by atoms with Gasteiger partial charge in [0, 0.05) is 16.8 Å². The fourth-order valence-corrected chi connectivity index (χ4v) is 4.82.